The van der Waals surface area contributed by atoms with Gasteiger partial charge < -0.3 is 16.2 Å². The first-order chi connectivity index (χ1) is 7.18. The zero-order valence-electron chi connectivity index (χ0n) is 8.44. The van der Waals surface area contributed by atoms with Gasteiger partial charge in [-0.1, -0.05) is 18.2 Å². The number of para-hydroxylation sites is 1. The number of hydrogen-bond acceptors (Lipinski definition) is 2. The summed E-state index contributed by atoms with van der Waals surface area (Å²) in [6.45, 7) is 0.818. The second-order valence-corrected chi connectivity index (χ2v) is 3.94. The van der Waals surface area contributed by atoms with E-state index in [0.717, 1.165) is 12.2 Å². The van der Waals surface area contributed by atoms with Gasteiger partial charge in [0.1, 0.15) is 0 Å². The average molecular weight is 207 g/mol. The number of hydrogen-bond donors (Lipinski definition) is 3. The number of carboxylic acid groups (broad SMARTS) is 1. The van der Waals surface area contributed by atoms with Crippen LogP contribution >= 0.6 is 0 Å². The summed E-state index contributed by atoms with van der Waals surface area (Å²) in [5.74, 6) is -0.542. The molecule has 2 rings (SSSR count). The summed E-state index contributed by atoms with van der Waals surface area (Å²) in [6.07, 6.45) is 0.597. The summed E-state index contributed by atoms with van der Waals surface area (Å²) >= 11 is 0. The lowest BCUT2D eigenvalue weighted by atomic mass is 9.94. The molecule has 0 fully saturated rings. The van der Waals surface area contributed by atoms with E-state index in [2.05, 4.69) is 17.1 Å². The molecule has 1 unspecified atom stereocenters. The van der Waals surface area contributed by atoms with Gasteiger partial charge in [0.25, 0.3) is 0 Å². The number of benzene rings is 1. The lowest BCUT2D eigenvalue weighted by Crippen LogP contribution is -2.65. The van der Waals surface area contributed by atoms with Crippen LogP contribution in [-0.4, -0.2) is 23.7 Å². The molecule has 1 aromatic rings. The Hall–Kier alpha value is -1.55. The van der Waals surface area contributed by atoms with Gasteiger partial charge >= 0.3 is 5.97 Å². The van der Waals surface area contributed by atoms with Gasteiger partial charge in [-0.05, 0) is 11.6 Å². The molecule has 1 aliphatic heterocycles. The summed E-state index contributed by atoms with van der Waals surface area (Å²) in [5, 5.41) is 12.1. The second kappa shape index (κ2) is 3.90. The van der Waals surface area contributed by atoms with Crippen molar-refractivity contribution in [1.82, 2.24) is 0 Å². The highest BCUT2D eigenvalue weighted by atomic mass is 16.4. The predicted molar refractivity (Wildman–Crippen MR) is 56.6 cm³/mol. The smallest absolute Gasteiger partial charge is 0.362 e. The topological polar surface area (TPSA) is 77.0 Å². The fourth-order valence-corrected chi connectivity index (χ4v) is 2.01. The molecular formula is C11H15N2O2+. The number of rotatable bonds is 3. The van der Waals surface area contributed by atoms with Gasteiger partial charge in [-0.15, -0.1) is 0 Å². The minimum atomic E-state index is -0.820. The molecule has 2 atom stereocenters. The standard InChI is InChI=1S/C11H14N2O2/c12-9(11(14)15)5-7-6-13-10-4-2-1-3-8(7)10/h1-4,7,9,13H,5-6,12H2,(H,14,15)/p+1/t7?,9-/m0/s1. The van der Waals surface area contributed by atoms with Crippen molar-refractivity contribution >= 4 is 11.7 Å². The van der Waals surface area contributed by atoms with E-state index in [0.29, 0.717) is 6.42 Å². The van der Waals surface area contributed by atoms with Crippen LogP contribution in [0.25, 0.3) is 0 Å². The van der Waals surface area contributed by atoms with E-state index in [9.17, 15) is 4.79 Å². The minimum absolute atomic E-state index is 0.278. The van der Waals surface area contributed by atoms with Crippen LogP contribution in [0.2, 0.25) is 0 Å². The zero-order valence-corrected chi connectivity index (χ0v) is 8.44. The highest BCUT2D eigenvalue weighted by Gasteiger charge is 2.27. The predicted octanol–water partition coefficient (Wildman–Crippen LogP) is 0.281. The number of anilines is 1. The Labute approximate surface area is 88.1 Å². The molecule has 0 spiro atoms. The highest BCUT2D eigenvalue weighted by molar-refractivity contribution is 5.72. The van der Waals surface area contributed by atoms with E-state index in [4.69, 9.17) is 5.11 Å². The van der Waals surface area contributed by atoms with Crippen molar-refractivity contribution in [2.24, 2.45) is 0 Å². The average Bonchev–Trinajstić information content (AvgIpc) is 2.62. The highest BCUT2D eigenvalue weighted by Crippen LogP contribution is 2.33. The van der Waals surface area contributed by atoms with Crippen molar-refractivity contribution in [3.63, 3.8) is 0 Å². The Kier molecular flexibility index (Phi) is 2.60. The molecule has 0 radical (unpaired) electrons. The Morgan fingerprint density at radius 3 is 3.07 bits per heavy atom. The van der Waals surface area contributed by atoms with Gasteiger partial charge in [-0.3, -0.25) is 0 Å². The molecule has 0 saturated heterocycles. The van der Waals surface area contributed by atoms with E-state index in [1.54, 1.807) is 0 Å². The molecule has 4 nitrogen and oxygen atoms in total. The molecular weight excluding hydrogens is 192 g/mol. The van der Waals surface area contributed by atoms with E-state index in [1.807, 2.05) is 18.2 Å². The van der Waals surface area contributed by atoms with Crippen molar-refractivity contribution in [3.8, 4) is 0 Å². The quantitative estimate of drug-likeness (QED) is 0.666. The molecule has 0 amide bonds. The van der Waals surface area contributed by atoms with Gasteiger partial charge in [0, 0.05) is 24.6 Å². The molecule has 1 heterocycles. The summed E-state index contributed by atoms with van der Waals surface area (Å²) in [5.41, 5.74) is 5.99. The zero-order chi connectivity index (χ0) is 10.8. The Morgan fingerprint density at radius 2 is 2.33 bits per heavy atom. The van der Waals surface area contributed by atoms with Crippen LogP contribution in [0.15, 0.2) is 24.3 Å². The van der Waals surface area contributed by atoms with Crippen molar-refractivity contribution in [1.29, 1.82) is 0 Å². The number of aliphatic carboxylic acids is 1. The molecule has 80 valence electrons. The van der Waals surface area contributed by atoms with E-state index >= 15 is 0 Å². The first kappa shape index (κ1) is 9.98. The molecule has 0 saturated carbocycles. The van der Waals surface area contributed by atoms with Gasteiger partial charge in [0.2, 0.25) is 0 Å². The lowest BCUT2D eigenvalue weighted by Gasteiger charge is -2.10. The van der Waals surface area contributed by atoms with E-state index in [1.165, 1.54) is 5.56 Å². The third-order valence-corrected chi connectivity index (χ3v) is 2.86. The maximum Gasteiger partial charge on any atom is 0.362 e. The first-order valence-electron chi connectivity index (χ1n) is 5.07. The molecule has 5 N–H and O–H groups in total. The summed E-state index contributed by atoms with van der Waals surface area (Å²) in [4.78, 5) is 10.7. The lowest BCUT2D eigenvalue weighted by molar-refractivity contribution is -0.409. The van der Waals surface area contributed by atoms with Crippen LogP contribution in [0.1, 0.15) is 17.9 Å². The second-order valence-electron chi connectivity index (χ2n) is 3.94. The molecule has 15 heavy (non-hydrogen) atoms. The maximum absolute atomic E-state index is 10.7. The number of fused-ring (bicyclic) bond motifs is 1. The van der Waals surface area contributed by atoms with E-state index in [-0.39, 0.29) is 5.92 Å². The Bertz CT molecular complexity index is 379. The van der Waals surface area contributed by atoms with Gasteiger partial charge in [0.15, 0.2) is 6.04 Å². The third-order valence-electron chi connectivity index (χ3n) is 2.86. The van der Waals surface area contributed by atoms with Crippen LogP contribution in [0, 0.1) is 0 Å². The maximum atomic E-state index is 10.7. The van der Waals surface area contributed by atoms with Crippen LogP contribution in [0.4, 0.5) is 5.69 Å². The molecule has 1 aromatic carbocycles. The van der Waals surface area contributed by atoms with Crippen LogP contribution in [0.5, 0.6) is 0 Å². The molecule has 4 heteroatoms. The Morgan fingerprint density at radius 1 is 1.60 bits per heavy atom. The van der Waals surface area contributed by atoms with Crippen molar-refractivity contribution < 1.29 is 15.6 Å². The van der Waals surface area contributed by atoms with Gasteiger partial charge in [-0.2, -0.15) is 0 Å². The first-order valence-corrected chi connectivity index (χ1v) is 5.07. The number of nitrogens with one attached hydrogen (secondary N) is 1. The molecule has 1 aliphatic rings. The molecule has 0 aliphatic carbocycles. The number of quaternary nitrogens is 1. The minimum Gasteiger partial charge on any atom is -0.477 e. The summed E-state index contributed by atoms with van der Waals surface area (Å²) in [7, 11) is 0. The van der Waals surface area contributed by atoms with Gasteiger partial charge in [0.05, 0.1) is 0 Å². The van der Waals surface area contributed by atoms with Crippen LogP contribution in [-0.2, 0) is 4.79 Å². The fraction of sp³-hybridized carbons (Fsp3) is 0.364. The van der Waals surface area contributed by atoms with Gasteiger partial charge in [-0.25, -0.2) is 4.79 Å². The molecule has 0 bridgehead atoms. The van der Waals surface area contributed by atoms with Crippen molar-refractivity contribution in [2.45, 2.75) is 18.4 Å². The normalized spacial score (nSPS) is 20.5. The van der Waals surface area contributed by atoms with Crippen molar-refractivity contribution in [3.05, 3.63) is 29.8 Å². The third kappa shape index (κ3) is 1.94. The SMILES string of the molecule is [NH3+][C@@H](CC1CNc2ccccc21)C(=O)O. The van der Waals surface area contributed by atoms with Crippen LogP contribution < -0.4 is 11.1 Å². The largest absolute Gasteiger partial charge is 0.477 e. The number of carbonyl (C=O) groups is 1. The monoisotopic (exact) mass is 207 g/mol. The van der Waals surface area contributed by atoms with E-state index < -0.39 is 12.0 Å². The summed E-state index contributed by atoms with van der Waals surface area (Å²) < 4.78 is 0. The fourth-order valence-electron chi connectivity index (χ4n) is 2.01. The number of carboxylic acids is 1. The Balaban J connectivity index is 2.11. The summed E-state index contributed by atoms with van der Waals surface area (Å²) in [6, 6.07) is 7.51. The van der Waals surface area contributed by atoms with Crippen molar-refractivity contribution in [2.75, 3.05) is 11.9 Å². The molecule has 0 aromatic heterocycles. The van der Waals surface area contributed by atoms with Crippen LogP contribution in [0.3, 0.4) is 0 Å².